The van der Waals surface area contributed by atoms with Crippen LogP contribution in [-0.2, 0) is 14.8 Å². The molecule has 1 amide bonds. The molecule has 1 heterocycles. The minimum atomic E-state index is -4.42. The van der Waals surface area contributed by atoms with Gasteiger partial charge in [-0.25, -0.2) is 26.3 Å². The normalized spacial score (nSPS) is 15.3. The average molecular weight is 425 g/mol. The van der Waals surface area contributed by atoms with E-state index < -0.39 is 49.4 Å². The third-order valence-electron chi connectivity index (χ3n) is 4.14. The average Bonchev–Trinajstić information content (AvgIpc) is 2.61. The molecule has 2 N–H and O–H groups in total. The molecule has 152 valence electrons. The molecule has 1 saturated heterocycles. The SMILES string of the molecule is CC1(NS(=O)(=O)c2ccc(F)c(C(=O)Nc3ccc(F)c(C#N)c3)c2F)COC1. The van der Waals surface area contributed by atoms with Gasteiger partial charge < -0.3 is 10.1 Å². The fraction of sp³-hybridized carbons (Fsp3) is 0.222. The fourth-order valence-electron chi connectivity index (χ4n) is 2.68. The van der Waals surface area contributed by atoms with Gasteiger partial charge in [-0.05, 0) is 37.3 Å². The first-order valence-electron chi connectivity index (χ1n) is 8.17. The highest BCUT2D eigenvalue weighted by Gasteiger charge is 2.39. The first-order chi connectivity index (χ1) is 13.6. The van der Waals surface area contributed by atoms with Gasteiger partial charge in [0, 0.05) is 5.69 Å². The summed E-state index contributed by atoms with van der Waals surface area (Å²) in [6.45, 7) is 1.70. The summed E-state index contributed by atoms with van der Waals surface area (Å²) in [5.74, 6) is -5.01. The molecule has 0 unspecified atom stereocenters. The van der Waals surface area contributed by atoms with Crippen molar-refractivity contribution < 1.29 is 31.1 Å². The highest BCUT2D eigenvalue weighted by Crippen LogP contribution is 2.25. The third kappa shape index (κ3) is 4.09. The van der Waals surface area contributed by atoms with Gasteiger partial charge in [-0.1, -0.05) is 0 Å². The second-order valence-electron chi connectivity index (χ2n) is 6.65. The molecule has 1 aliphatic heterocycles. The lowest BCUT2D eigenvalue weighted by atomic mass is 10.0. The van der Waals surface area contributed by atoms with Crippen molar-refractivity contribution >= 4 is 21.6 Å². The van der Waals surface area contributed by atoms with Crippen LogP contribution in [0.4, 0.5) is 18.9 Å². The lowest BCUT2D eigenvalue weighted by Crippen LogP contribution is -2.59. The summed E-state index contributed by atoms with van der Waals surface area (Å²) < 4.78 is 74.5. The number of nitriles is 1. The Bertz CT molecular complexity index is 1140. The number of ether oxygens (including phenoxy) is 1. The van der Waals surface area contributed by atoms with E-state index in [0.29, 0.717) is 12.1 Å². The number of nitrogens with zero attached hydrogens (tertiary/aromatic N) is 1. The number of carbonyl (C=O) groups is 1. The molecule has 0 saturated carbocycles. The monoisotopic (exact) mass is 425 g/mol. The quantitative estimate of drug-likeness (QED) is 0.764. The smallest absolute Gasteiger partial charge is 0.261 e. The van der Waals surface area contributed by atoms with Crippen LogP contribution in [0.15, 0.2) is 35.2 Å². The van der Waals surface area contributed by atoms with Gasteiger partial charge in [-0.15, -0.1) is 0 Å². The largest absolute Gasteiger partial charge is 0.377 e. The highest BCUT2D eigenvalue weighted by atomic mass is 32.2. The number of halogens is 3. The van der Waals surface area contributed by atoms with Gasteiger partial charge in [0.2, 0.25) is 10.0 Å². The summed E-state index contributed by atoms with van der Waals surface area (Å²) in [5, 5.41) is 10.9. The summed E-state index contributed by atoms with van der Waals surface area (Å²) in [4.78, 5) is 11.5. The number of carbonyl (C=O) groups excluding carboxylic acids is 1. The zero-order chi connectivity index (χ0) is 21.4. The highest BCUT2D eigenvalue weighted by molar-refractivity contribution is 7.89. The Morgan fingerprint density at radius 2 is 1.83 bits per heavy atom. The van der Waals surface area contributed by atoms with Crippen LogP contribution in [0.2, 0.25) is 0 Å². The molecule has 1 fully saturated rings. The van der Waals surface area contributed by atoms with Crippen LogP contribution in [0.25, 0.3) is 0 Å². The Balaban J connectivity index is 1.94. The Morgan fingerprint density at radius 1 is 1.17 bits per heavy atom. The van der Waals surface area contributed by atoms with Crippen LogP contribution >= 0.6 is 0 Å². The molecule has 7 nitrogen and oxygen atoms in total. The maximum absolute atomic E-state index is 14.8. The Morgan fingerprint density at radius 3 is 2.41 bits per heavy atom. The second kappa shape index (κ2) is 7.47. The first kappa shape index (κ1) is 20.8. The predicted octanol–water partition coefficient (Wildman–Crippen LogP) is 2.30. The number of rotatable bonds is 5. The first-order valence-corrected chi connectivity index (χ1v) is 9.65. The van der Waals surface area contributed by atoms with Gasteiger partial charge >= 0.3 is 0 Å². The van der Waals surface area contributed by atoms with Crippen molar-refractivity contribution in [3.05, 3.63) is 58.9 Å². The molecule has 11 heteroatoms. The Hall–Kier alpha value is -2.94. The molecule has 0 atom stereocenters. The molecule has 0 aromatic heterocycles. The van der Waals surface area contributed by atoms with Crippen molar-refractivity contribution in [2.24, 2.45) is 0 Å². The summed E-state index contributed by atoms with van der Waals surface area (Å²) in [6.07, 6.45) is 0. The second-order valence-corrected chi connectivity index (χ2v) is 8.30. The van der Waals surface area contributed by atoms with Gasteiger partial charge in [-0.3, -0.25) is 4.79 Å². The van der Waals surface area contributed by atoms with E-state index in [4.69, 9.17) is 10.00 Å². The van der Waals surface area contributed by atoms with Crippen LogP contribution in [0.1, 0.15) is 22.8 Å². The number of benzene rings is 2. The summed E-state index contributed by atoms with van der Waals surface area (Å²) >= 11 is 0. The Labute approximate surface area is 164 Å². The van der Waals surface area contributed by atoms with Gasteiger partial charge in [0.25, 0.3) is 5.91 Å². The minimum Gasteiger partial charge on any atom is -0.377 e. The maximum atomic E-state index is 14.8. The number of sulfonamides is 1. The van der Waals surface area contributed by atoms with E-state index in [1.807, 2.05) is 0 Å². The molecule has 0 spiro atoms. The molecular weight excluding hydrogens is 411 g/mol. The Kier molecular flexibility index (Phi) is 5.36. The molecule has 0 bridgehead atoms. The zero-order valence-electron chi connectivity index (χ0n) is 14.9. The van der Waals surface area contributed by atoms with E-state index in [-0.39, 0.29) is 24.5 Å². The molecule has 1 aliphatic rings. The number of nitrogens with one attached hydrogen (secondary N) is 2. The number of anilines is 1. The van der Waals surface area contributed by atoms with E-state index in [9.17, 15) is 26.4 Å². The summed E-state index contributed by atoms with van der Waals surface area (Å²) in [6, 6.07) is 5.88. The molecule has 0 radical (unpaired) electrons. The third-order valence-corrected chi connectivity index (χ3v) is 5.79. The van der Waals surface area contributed by atoms with Gasteiger partial charge in [-0.2, -0.15) is 5.26 Å². The standard InChI is InChI=1S/C18H14F3N3O4S/c1-18(8-28-9-18)24-29(26,27)14-5-4-13(20)15(16(14)21)17(25)23-11-2-3-12(19)10(6-11)7-22/h2-6,24H,8-9H2,1H3,(H,23,25). The van der Waals surface area contributed by atoms with Gasteiger partial charge in [0.05, 0.1) is 24.3 Å². The molecule has 0 aliphatic carbocycles. The molecular formula is C18H14F3N3O4S. The van der Waals surface area contributed by atoms with E-state index >= 15 is 0 Å². The van der Waals surface area contributed by atoms with Crippen molar-refractivity contribution in [3.8, 4) is 6.07 Å². The van der Waals surface area contributed by atoms with Crippen molar-refractivity contribution in [1.82, 2.24) is 4.72 Å². The number of amides is 1. The van der Waals surface area contributed by atoms with Crippen LogP contribution < -0.4 is 10.0 Å². The minimum absolute atomic E-state index is 0.0776. The van der Waals surface area contributed by atoms with Gasteiger partial charge in [0.1, 0.15) is 28.2 Å². The van der Waals surface area contributed by atoms with Gasteiger partial charge in [0.15, 0.2) is 5.82 Å². The predicted molar refractivity (Wildman–Crippen MR) is 95.0 cm³/mol. The zero-order valence-corrected chi connectivity index (χ0v) is 15.7. The van der Waals surface area contributed by atoms with Crippen molar-refractivity contribution in [1.29, 1.82) is 5.26 Å². The van der Waals surface area contributed by atoms with Crippen molar-refractivity contribution in [3.63, 3.8) is 0 Å². The van der Waals surface area contributed by atoms with E-state index in [0.717, 1.165) is 18.2 Å². The van der Waals surface area contributed by atoms with E-state index in [2.05, 4.69) is 10.0 Å². The molecule has 29 heavy (non-hydrogen) atoms. The topological polar surface area (TPSA) is 108 Å². The van der Waals surface area contributed by atoms with E-state index in [1.165, 1.54) is 0 Å². The van der Waals surface area contributed by atoms with Crippen LogP contribution in [-0.4, -0.2) is 33.1 Å². The lowest BCUT2D eigenvalue weighted by Gasteiger charge is -2.38. The van der Waals surface area contributed by atoms with Crippen LogP contribution in [0.3, 0.4) is 0 Å². The molecule has 3 rings (SSSR count). The van der Waals surface area contributed by atoms with Crippen molar-refractivity contribution in [2.75, 3.05) is 18.5 Å². The van der Waals surface area contributed by atoms with Crippen LogP contribution in [0, 0.1) is 28.8 Å². The van der Waals surface area contributed by atoms with E-state index in [1.54, 1.807) is 13.0 Å². The molecule has 2 aromatic carbocycles. The van der Waals surface area contributed by atoms with Crippen molar-refractivity contribution in [2.45, 2.75) is 17.4 Å². The fourth-order valence-corrected chi connectivity index (χ4v) is 4.14. The summed E-state index contributed by atoms with van der Waals surface area (Å²) in [5.41, 5.74) is -2.56. The molecule has 2 aromatic rings. The maximum Gasteiger partial charge on any atom is 0.261 e. The summed E-state index contributed by atoms with van der Waals surface area (Å²) in [7, 11) is -4.42. The lowest BCUT2D eigenvalue weighted by molar-refractivity contribution is -0.0523. The number of hydrogen-bond acceptors (Lipinski definition) is 5. The number of hydrogen-bond donors (Lipinski definition) is 2. The van der Waals surface area contributed by atoms with Crippen LogP contribution in [0.5, 0.6) is 0 Å².